The quantitative estimate of drug-likeness (QED) is 0.529. The van der Waals surface area contributed by atoms with E-state index in [1.807, 2.05) is 5.38 Å². The van der Waals surface area contributed by atoms with Gasteiger partial charge in [0.05, 0.1) is 10.6 Å². The molecule has 0 radical (unpaired) electrons. The smallest absolute Gasteiger partial charge is 0.260 e. The van der Waals surface area contributed by atoms with Crippen LogP contribution >= 0.6 is 22.9 Å². The van der Waals surface area contributed by atoms with Crippen molar-refractivity contribution in [1.29, 1.82) is 0 Å². The standard InChI is InChI=1S/C20H17ClN2O3S2/c1-3-12-23(19(24)15-4-8-16(21)9-5-15)20-22-18(13-27-20)14-6-10-17(11-7-14)28(2,25)26/h3-11,13H,1,12H2,2H3. The summed E-state index contributed by atoms with van der Waals surface area (Å²) < 4.78 is 23.2. The van der Waals surface area contributed by atoms with Crippen LogP contribution in [0.5, 0.6) is 0 Å². The minimum Gasteiger partial charge on any atom is -0.280 e. The fraction of sp³-hybridized carbons (Fsp3) is 0.100. The van der Waals surface area contributed by atoms with Crippen LogP contribution in [0.2, 0.25) is 5.02 Å². The normalized spacial score (nSPS) is 11.2. The number of carbonyl (C=O) groups is 1. The van der Waals surface area contributed by atoms with Crippen LogP contribution in [0.15, 0.2) is 71.5 Å². The van der Waals surface area contributed by atoms with Gasteiger partial charge in [-0.25, -0.2) is 13.4 Å². The maximum Gasteiger partial charge on any atom is 0.260 e. The van der Waals surface area contributed by atoms with E-state index in [1.54, 1.807) is 54.6 Å². The maximum absolute atomic E-state index is 12.9. The van der Waals surface area contributed by atoms with Crippen molar-refractivity contribution in [2.75, 3.05) is 17.7 Å². The minimum atomic E-state index is -3.25. The fourth-order valence-electron chi connectivity index (χ4n) is 2.52. The average Bonchev–Trinajstić information content (AvgIpc) is 3.15. The SMILES string of the molecule is C=CCN(C(=O)c1ccc(Cl)cc1)c1nc(-c2ccc(S(C)(=O)=O)cc2)cs1. The lowest BCUT2D eigenvalue weighted by molar-refractivity contribution is 0.0989. The van der Waals surface area contributed by atoms with Crippen molar-refractivity contribution < 1.29 is 13.2 Å². The van der Waals surface area contributed by atoms with Crippen LogP contribution in [0.1, 0.15) is 10.4 Å². The topological polar surface area (TPSA) is 67.3 Å². The van der Waals surface area contributed by atoms with Gasteiger partial charge < -0.3 is 0 Å². The molecule has 0 saturated heterocycles. The van der Waals surface area contributed by atoms with Crippen molar-refractivity contribution in [3.05, 3.63) is 77.2 Å². The molecule has 3 rings (SSSR count). The third-order valence-electron chi connectivity index (χ3n) is 3.95. The van der Waals surface area contributed by atoms with E-state index >= 15 is 0 Å². The average molecular weight is 433 g/mol. The first-order chi connectivity index (χ1) is 13.3. The highest BCUT2D eigenvalue weighted by Crippen LogP contribution is 2.29. The zero-order valence-corrected chi connectivity index (χ0v) is 17.4. The van der Waals surface area contributed by atoms with Crippen molar-refractivity contribution in [3.63, 3.8) is 0 Å². The lowest BCUT2D eigenvalue weighted by Gasteiger charge is -2.18. The van der Waals surface area contributed by atoms with E-state index in [2.05, 4.69) is 11.6 Å². The van der Waals surface area contributed by atoms with Crippen LogP contribution in [0, 0.1) is 0 Å². The van der Waals surface area contributed by atoms with Gasteiger partial charge in [0.2, 0.25) is 0 Å². The van der Waals surface area contributed by atoms with Crippen LogP contribution in [0.3, 0.4) is 0 Å². The second-order valence-corrected chi connectivity index (χ2v) is 9.31. The number of halogens is 1. The summed E-state index contributed by atoms with van der Waals surface area (Å²) in [4.78, 5) is 19.2. The Kier molecular flexibility index (Phi) is 5.98. The second kappa shape index (κ2) is 8.26. The first-order valence-corrected chi connectivity index (χ1v) is 11.4. The van der Waals surface area contributed by atoms with Gasteiger partial charge in [-0.3, -0.25) is 9.69 Å². The Bertz CT molecular complexity index is 1110. The molecule has 0 aliphatic heterocycles. The molecule has 1 aromatic heterocycles. The Morgan fingerprint density at radius 1 is 1.18 bits per heavy atom. The van der Waals surface area contributed by atoms with Gasteiger partial charge in [0.25, 0.3) is 5.91 Å². The van der Waals surface area contributed by atoms with Gasteiger partial charge in [0.15, 0.2) is 15.0 Å². The molecule has 144 valence electrons. The Labute approximate surface area is 172 Å². The van der Waals surface area contributed by atoms with Crippen LogP contribution in [-0.2, 0) is 9.84 Å². The molecular formula is C20H17ClN2O3S2. The highest BCUT2D eigenvalue weighted by molar-refractivity contribution is 7.90. The van der Waals surface area contributed by atoms with E-state index in [0.717, 1.165) is 5.56 Å². The summed E-state index contributed by atoms with van der Waals surface area (Å²) in [5.74, 6) is -0.204. The van der Waals surface area contributed by atoms with E-state index in [0.29, 0.717) is 28.0 Å². The number of benzene rings is 2. The molecule has 0 bridgehead atoms. The Morgan fingerprint density at radius 3 is 2.39 bits per heavy atom. The largest absolute Gasteiger partial charge is 0.280 e. The number of carbonyl (C=O) groups excluding carboxylic acids is 1. The molecule has 2 aromatic carbocycles. The maximum atomic E-state index is 12.9. The molecule has 5 nitrogen and oxygen atoms in total. The van der Waals surface area contributed by atoms with E-state index < -0.39 is 9.84 Å². The summed E-state index contributed by atoms with van der Waals surface area (Å²) >= 11 is 7.23. The van der Waals surface area contributed by atoms with Gasteiger partial charge >= 0.3 is 0 Å². The van der Waals surface area contributed by atoms with Crippen molar-refractivity contribution in [3.8, 4) is 11.3 Å². The second-order valence-electron chi connectivity index (χ2n) is 6.02. The van der Waals surface area contributed by atoms with Crippen LogP contribution in [0.4, 0.5) is 5.13 Å². The minimum absolute atomic E-state index is 0.204. The molecule has 1 amide bonds. The van der Waals surface area contributed by atoms with Crippen LogP contribution in [-0.4, -0.2) is 32.1 Å². The van der Waals surface area contributed by atoms with Crippen molar-refractivity contribution in [2.45, 2.75) is 4.90 Å². The highest BCUT2D eigenvalue weighted by atomic mass is 35.5. The van der Waals surface area contributed by atoms with Gasteiger partial charge in [-0.1, -0.05) is 29.8 Å². The van der Waals surface area contributed by atoms with Gasteiger partial charge in [-0.05, 0) is 36.4 Å². The highest BCUT2D eigenvalue weighted by Gasteiger charge is 2.20. The summed E-state index contributed by atoms with van der Waals surface area (Å²) in [5.41, 5.74) is 1.94. The summed E-state index contributed by atoms with van der Waals surface area (Å²) in [6.45, 7) is 4.03. The zero-order chi connectivity index (χ0) is 20.3. The van der Waals surface area contributed by atoms with Gasteiger partial charge in [0, 0.05) is 34.3 Å². The van der Waals surface area contributed by atoms with Gasteiger partial charge in [-0.2, -0.15) is 0 Å². The Morgan fingerprint density at radius 2 is 1.82 bits per heavy atom. The first kappa shape index (κ1) is 20.3. The zero-order valence-electron chi connectivity index (χ0n) is 15.0. The molecule has 28 heavy (non-hydrogen) atoms. The molecule has 0 spiro atoms. The lowest BCUT2D eigenvalue weighted by Crippen LogP contribution is -2.30. The lowest BCUT2D eigenvalue weighted by atomic mass is 10.2. The van der Waals surface area contributed by atoms with E-state index in [4.69, 9.17) is 11.6 Å². The molecule has 0 unspecified atom stereocenters. The summed E-state index contributed by atoms with van der Waals surface area (Å²) in [7, 11) is -3.25. The number of aromatic nitrogens is 1. The van der Waals surface area contributed by atoms with Crippen LogP contribution in [0.25, 0.3) is 11.3 Å². The number of sulfone groups is 1. The number of thiazole rings is 1. The Hall–Kier alpha value is -2.48. The number of amides is 1. The predicted octanol–water partition coefficient (Wildman–Crippen LogP) is 4.70. The van der Waals surface area contributed by atoms with Gasteiger partial charge in [0.1, 0.15) is 0 Å². The molecular weight excluding hydrogens is 416 g/mol. The number of hydrogen-bond acceptors (Lipinski definition) is 5. The molecule has 0 N–H and O–H groups in total. The molecule has 0 aliphatic carbocycles. The van der Waals surface area contributed by atoms with E-state index in [-0.39, 0.29) is 10.8 Å². The van der Waals surface area contributed by atoms with Gasteiger partial charge in [-0.15, -0.1) is 17.9 Å². The van der Waals surface area contributed by atoms with Crippen molar-refractivity contribution >= 4 is 43.8 Å². The Balaban J connectivity index is 1.90. The predicted molar refractivity (Wildman–Crippen MR) is 114 cm³/mol. The molecule has 0 atom stereocenters. The van der Waals surface area contributed by atoms with E-state index in [1.165, 1.54) is 22.5 Å². The molecule has 0 fully saturated rings. The summed E-state index contributed by atoms with van der Waals surface area (Å²) in [6, 6.07) is 13.2. The third-order valence-corrected chi connectivity index (χ3v) is 6.19. The monoisotopic (exact) mass is 432 g/mol. The first-order valence-electron chi connectivity index (χ1n) is 8.24. The van der Waals surface area contributed by atoms with Crippen molar-refractivity contribution in [1.82, 2.24) is 4.98 Å². The molecule has 1 heterocycles. The van der Waals surface area contributed by atoms with E-state index in [9.17, 15) is 13.2 Å². The number of anilines is 1. The molecule has 8 heteroatoms. The number of rotatable bonds is 6. The van der Waals surface area contributed by atoms with Crippen LogP contribution < -0.4 is 4.90 Å². The molecule has 3 aromatic rings. The summed E-state index contributed by atoms with van der Waals surface area (Å²) in [5, 5.41) is 2.92. The number of hydrogen-bond donors (Lipinski definition) is 0. The molecule has 0 aliphatic rings. The fourth-order valence-corrected chi connectivity index (χ4v) is 4.12. The third kappa shape index (κ3) is 4.49. The summed E-state index contributed by atoms with van der Waals surface area (Å²) in [6.07, 6.45) is 2.80. The van der Waals surface area contributed by atoms with Crippen molar-refractivity contribution in [2.24, 2.45) is 0 Å². The number of nitrogens with zero attached hydrogens (tertiary/aromatic N) is 2. The molecule has 0 saturated carbocycles.